The van der Waals surface area contributed by atoms with E-state index in [9.17, 15) is 31.1 Å². The first-order valence-corrected chi connectivity index (χ1v) is 15.7. The number of amides is 1. The van der Waals surface area contributed by atoms with E-state index in [4.69, 9.17) is 9.47 Å². The van der Waals surface area contributed by atoms with Crippen LogP contribution in [0.4, 0.5) is 26.3 Å². The number of aliphatic imine (C=N–C) groups is 1. The fourth-order valence-corrected chi connectivity index (χ4v) is 6.40. The zero-order valence-corrected chi connectivity index (χ0v) is 26.2. The quantitative estimate of drug-likeness (QED) is 0.179. The van der Waals surface area contributed by atoms with Crippen molar-refractivity contribution in [2.45, 2.75) is 71.0 Å². The fourth-order valence-electron chi connectivity index (χ4n) is 5.44. The number of nitrogens with zero attached hydrogens (tertiary/aromatic N) is 3. The maximum Gasteiger partial charge on any atom is 0.416 e. The summed E-state index contributed by atoms with van der Waals surface area (Å²) in [6.45, 7) is 7.18. The summed E-state index contributed by atoms with van der Waals surface area (Å²) in [6.07, 6.45) is -2.35. The van der Waals surface area contributed by atoms with Gasteiger partial charge in [0.15, 0.2) is 16.7 Å². The number of amidine groups is 1. The summed E-state index contributed by atoms with van der Waals surface area (Å²) in [6, 6.07) is 6.65. The molecule has 1 unspecified atom stereocenters. The Hall–Kier alpha value is -3.19. The molecule has 2 aliphatic rings. The molecule has 0 radical (unpaired) electrons. The van der Waals surface area contributed by atoms with Gasteiger partial charge in [-0.2, -0.15) is 31.3 Å². The van der Waals surface area contributed by atoms with Crippen molar-refractivity contribution in [3.8, 4) is 11.5 Å². The third kappa shape index (κ3) is 8.96. The summed E-state index contributed by atoms with van der Waals surface area (Å²) >= 11 is 1.30. The molecule has 246 valence electrons. The van der Waals surface area contributed by atoms with Gasteiger partial charge < -0.3 is 14.4 Å². The summed E-state index contributed by atoms with van der Waals surface area (Å²) in [5.74, 6) is -0.0825. The first kappa shape index (κ1) is 34.7. The first-order valence-electron chi connectivity index (χ1n) is 14.9. The third-order valence-corrected chi connectivity index (χ3v) is 8.88. The number of hydrogen-bond donors (Lipinski definition) is 0. The Morgan fingerprint density at radius 3 is 2.29 bits per heavy atom. The lowest BCUT2D eigenvalue weighted by Gasteiger charge is -2.40. The number of benzene rings is 2. The van der Waals surface area contributed by atoms with Crippen LogP contribution in [0.1, 0.15) is 68.2 Å². The summed E-state index contributed by atoms with van der Waals surface area (Å²) < 4.78 is 90.5. The SMILES string of the molecule is CCCCC(CCC)N1CCN(C2=NC(=O)C(=Cc3ccc(OCc4ccc(C(F)(F)F)cc4C(F)(F)F)c(OC)c3)S2)CC1. The number of unbranched alkanes of at least 4 members (excludes halogenated alkanes) is 1. The molecule has 13 heteroatoms. The van der Waals surface area contributed by atoms with Gasteiger partial charge in [0.1, 0.15) is 6.61 Å². The molecule has 1 amide bonds. The number of hydrogen-bond acceptors (Lipinski definition) is 6. The fraction of sp³-hybridized carbons (Fsp3) is 0.500. The van der Waals surface area contributed by atoms with Crippen molar-refractivity contribution < 1.29 is 40.6 Å². The van der Waals surface area contributed by atoms with E-state index in [0.29, 0.717) is 27.7 Å². The highest BCUT2D eigenvalue weighted by molar-refractivity contribution is 8.18. The van der Waals surface area contributed by atoms with Gasteiger partial charge in [0.2, 0.25) is 0 Å². The molecular formula is C32H37F6N3O3S. The highest BCUT2D eigenvalue weighted by Gasteiger charge is 2.38. The molecule has 1 saturated heterocycles. The predicted octanol–water partition coefficient (Wildman–Crippen LogP) is 8.26. The van der Waals surface area contributed by atoms with E-state index >= 15 is 0 Å². The molecule has 0 saturated carbocycles. The van der Waals surface area contributed by atoms with Crippen molar-refractivity contribution in [3.05, 3.63) is 63.6 Å². The first-order chi connectivity index (χ1) is 21.3. The van der Waals surface area contributed by atoms with Gasteiger partial charge in [0.05, 0.1) is 23.1 Å². The maximum atomic E-state index is 13.5. The van der Waals surface area contributed by atoms with Crippen LogP contribution in [-0.2, 0) is 23.8 Å². The van der Waals surface area contributed by atoms with Crippen LogP contribution in [0.25, 0.3) is 6.08 Å². The van der Waals surface area contributed by atoms with Gasteiger partial charge >= 0.3 is 12.4 Å². The lowest BCUT2D eigenvalue weighted by Crippen LogP contribution is -2.51. The zero-order chi connectivity index (χ0) is 32.8. The van der Waals surface area contributed by atoms with E-state index < -0.39 is 35.6 Å². The largest absolute Gasteiger partial charge is 0.493 e. The number of rotatable bonds is 11. The van der Waals surface area contributed by atoms with E-state index in [2.05, 4.69) is 28.6 Å². The number of halogens is 6. The van der Waals surface area contributed by atoms with E-state index in [1.54, 1.807) is 18.2 Å². The minimum absolute atomic E-state index is 0.0779. The molecule has 45 heavy (non-hydrogen) atoms. The van der Waals surface area contributed by atoms with E-state index in [1.165, 1.54) is 50.6 Å². The van der Waals surface area contributed by atoms with Crippen LogP contribution >= 0.6 is 11.8 Å². The minimum atomic E-state index is -5.01. The van der Waals surface area contributed by atoms with Crippen LogP contribution in [0.2, 0.25) is 0 Å². The van der Waals surface area contributed by atoms with Gasteiger partial charge in [-0.05, 0) is 60.5 Å². The number of ether oxygens (including phenoxy) is 2. The number of carbonyl (C=O) groups is 1. The van der Waals surface area contributed by atoms with Crippen LogP contribution in [0, 0.1) is 0 Å². The molecule has 0 N–H and O–H groups in total. The normalized spacial score (nSPS) is 18.0. The number of carbonyl (C=O) groups excluding carboxylic acids is 1. The van der Waals surface area contributed by atoms with Gasteiger partial charge in [-0.1, -0.05) is 45.2 Å². The van der Waals surface area contributed by atoms with E-state index in [0.717, 1.165) is 38.7 Å². The van der Waals surface area contributed by atoms with Gasteiger partial charge in [-0.3, -0.25) is 9.69 Å². The molecule has 6 nitrogen and oxygen atoms in total. The van der Waals surface area contributed by atoms with Crippen molar-refractivity contribution >= 4 is 28.9 Å². The Kier molecular flexibility index (Phi) is 11.5. The topological polar surface area (TPSA) is 54.4 Å². The van der Waals surface area contributed by atoms with Crippen LogP contribution < -0.4 is 9.47 Å². The second kappa shape index (κ2) is 14.9. The van der Waals surface area contributed by atoms with E-state index in [1.807, 2.05) is 0 Å². The molecule has 0 spiro atoms. The zero-order valence-electron chi connectivity index (χ0n) is 25.4. The average Bonchev–Trinajstić information content (AvgIpc) is 3.37. The minimum Gasteiger partial charge on any atom is -0.493 e. The number of alkyl halides is 6. The van der Waals surface area contributed by atoms with Crippen molar-refractivity contribution in [2.24, 2.45) is 4.99 Å². The molecule has 0 aliphatic carbocycles. The number of piperazine rings is 1. The molecule has 2 aromatic rings. The standard InChI is InChI=1S/C32H37F6N3O3S/c1-4-6-8-24(7-5-2)40-13-15-41(16-14-40)30-39-29(42)28(45-30)18-21-9-12-26(27(17-21)43-3)44-20-22-10-11-23(31(33,34)35)19-25(22)32(36,37)38/h9-12,17-19,24H,4-8,13-16,20H2,1-3H3. The molecule has 2 aromatic carbocycles. The molecule has 2 heterocycles. The molecule has 4 rings (SSSR count). The lowest BCUT2D eigenvalue weighted by molar-refractivity contribution is -0.143. The predicted molar refractivity (Wildman–Crippen MR) is 163 cm³/mol. The van der Waals surface area contributed by atoms with Crippen LogP contribution in [0.15, 0.2) is 46.3 Å². The summed E-state index contributed by atoms with van der Waals surface area (Å²) in [5, 5.41) is 0.662. The number of methoxy groups -OCH3 is 1. The Balaban J connectivity index is 1.41. The van der Waals surface area contributed by atoms with Gasteiger partial charge in [-0.25, -0.2) is 0 Å². The van der Waals surface area contributed by atoms with E-state index in [-0.39, 0.29) is 23.5 Å². The Morgan fingerprint density at radius 2 is 1.67 bits per heavy atom. The summed E-state index contributed by atoms with van der Waals surface area (Å²) in [4.78, 5) is 22.1. The van der Waals surface area contributed by atoms with Crippen molar-refractivity contribution in [2.75, 3.05) is 33.3 Å². The second-order valence-electron chi connectivity index (χ2n) is 11.0. The smallest absolute Gasteiger partial charge is 0.416 e. The van der Waals surface area contributed by atoms with Crippen molar-refractivity contribution in [3.63, 3.8) is 0 Å². The molecular weight excluding hydrogens is 620 g/mol. The monoisotopic (exact) mass is 657 g/mol. The number of thioether (sulfide) groups is 1. The maximum absolute atomic E-state index is 13.5. The van der Waals surface area contributed by atoms with Crippen molar-refractivity contribution in [1.29, 1.82) is 0 Å². The molecule has 0 aromatic heterocycles. The molecule has 0 bridgehead atoms. The molecule has 2 aliphatic heterocycles. The highest BCUT2D eigenvalue weighted by atomic mass is 32.2. The lowest BCUT2D eigenvalue weighted by atomic mass is 10.0. The second-order valence-corrected chi connectivity index (χ2v) is 12.0. The van der Waals surface area contributed by atoms with Gasteiger partial charge in [-0.15, -0.1) is 0 Å². The van der Waals surface area contributed by atoms with Crippen molar-refractivity contribution in [1.82, 2.24) is 9.80 Å². The third-order valence-electron chi connectivity index (χ3n) is 7.83. The van der Waals surface area contributed by atoms with Crippen LogP contribution in [-0.4, -0.2) is 60.2 Å². The van der Waals surface area contributed by atoms with Crippen LogP contribution in [0.3, 0.4) is 0 Å². The molecule has 1 fully saturated rings. The Labute approximate surface area is 263 Å². The average molecular weight is 658 g/mol. The van der Waals surface area contributed by atoms with Crippen LogP contribution in [0.5, 0.6) is 11.5 Å². The Morgan fingerprint density at radius 1 is 0.933 bits per heavy atom. The Bertz CT molecular complexity index is 1400. The van der Waals surface area contributed by atoms with Gasteiger partial charge in [0, 0.05) is 37.8 Å². The summed E-state index contributed by atoms with van der Waals surface area (Å²) in [5.41, 5.74) is -2.70. The molecule has 1 atom stereocenters. The highest BCUT2D eigenvalue weighted by Crippen LogP contribution is 2.39. The van der Waals surface area contributed by atoms with Gasteiger partial charge in [0.25, 0.3) is 5.91 Å². The summed E-state index contributed by atoms with van der Waals surface area (Å²) in [7, 11) is 1.35.